The van der Waals surface area contributed by atoms with Crippen molar-refractivity contribution >= 4 is 17.7 Å². The van der Waals surface area contributed by atoms with Gasteiger partial charge in [0, 0.05) is 12.3 Å². The Bertz CT molecular complexity index is 273. The molecule has 0 heterocycles. The van der Waals surface area contributed by atoms with Crippen LogP contribution in [0.25, 0.3) is 0 Å². The summed E-state index contributed by atoms with van der Waals surface area (Å²) in [6.07, 6.45) is 0. The lowest BCUT2D eigenvalue weighted by Crippen LogP contribution is -2.34. The number of thioether (sulfide) groups is 1. The lowest BCUT2D eigenvalue weighted by atomic mass is 9.97. The molecule has 1 atom stereocenters. The molecule has 0 aromatic rings. The van der Waals surface area contributed by atoms with Gasteiger partial charge in [-0.2, -0.15) is 18.4 Å². The van der Waals surface area contributed by atoms with E-state index in [1.54, 1.807) is 13.8 Å². The van der Waals surface area contributed by atoms with Crippen molar-refractivity contribution in [2.45, 2.75) is 19.4 Å². The number of carbonyl (C=O) groups is 1. The fraction of sp³-hybridized carbons (Fsp3) is 0.778. The van der Waals surface area contributed by atoms with E-state index in [2.05, 4.69) is 5.32 Å². The number of rotatable bonds is 5. The third-order valence-corrected chi connectivity index (χ3v) is 2.49. The zero-order valence-corrected chi connectivity index (χ0v) is 9.78. The van der Waals surface area contributed by atoms with Crippen molar-refractivity contribution in [3.8, 4) is 6.07 Å². The van der Waals surface area contributed by atoms with Crippen LogP contribution in [-0.4, -0.2) is 23.7 Å². The largest absolute Gasteiger partial charge is 0.441 e. The van der Waals surface area contributed by atoms with E-state index in [1.807, 2.05) is 6.07 Å². The second-order valence-electron chi connectivity index (χ2n) is 3.44. The highest BCUT2D eigenvalue weighted by molar-refractivity contribution is 8.00. The Morgan fingerprint density at radius 1 is 1.50 bits per heavy atom. The van der Waals surface area contributed by atoms with Gasteiger partial charge >= 0.3 is 5.51 Å². The Labute approximate surface area is 96.4 Å². The van der Waals surface area contributed by atoms with E-state index in [0.717, 1.165) is 0 Å². The molecule has 0 bridgehead atoms. The van der Waals surface area contributed by atoms with Gasteiger partial charge in [0.2, 0.25) is 5.91 Å². The molecule has 0 aliphatic carbocycles. The third-order valence-electron chi connectivity index (χ3n) is 1.76. The maximum absolute atomic E-state index is 11.7. The number of hydrogen-bond donors (Lipinski definition) is 1. The number of hydrogen-bond acceptors (Lipinski definition) is 3. The first-order valence-corrected chi connectivity index (χ1v) is 5.64. The standard InChI is InChI=1S/C9H13F3N2OS/c1-6(2)7(5-13)8(15)14-3-4-16-9(10,11)12/h6-7H,3-4H2,1-2H3,(H,14,15). The first-order chi connectivity index (χ1) is 7.28. The van der Waals surface area contributed by atoms with Crippen molar-refractivity contribution in [3.63, 3.8) is 0 Å². The summed E-state index contributed by atoms with van der Waals surface area (Å²) in [4.78, 5) is 11.3. The minimum absolute atomic E-state index is 0.0894. The Morgan fingerprint density at radius 2 is 2.06 bits per heavy atom. The second kappa shape index (κ2) is 6.63. The molecule has 0 spiro atoms. The van der Waals surface area contributed by atoms with Gasteiger partial charge in [-0.15, -0.1) is 0 Å². The van der Waals surface area contributed by atoms with Crippen LogP contribution in [0.1, 0.15) is 13.8 Å². The van der Waals surface area contributed by atoms with Gasteiger partial charge in [0.15, 0.2) is 0 Å². The van der Waals surface area contributed by atoms with Gasteiger partial charge < -0.3 is 5.32 Å². The second-order valence-corrected chi connectivity index (χ2v) is 4.60. The average Bonchev–Trinajstić information content (AvgIpc) is 2.11. The van der Waals surface area contributed by atoms with Crippen LogP contribution < -0.4 is 5.32 Å². The molecule has 1 N–H and O–H groups in total. The molecule has 0 fully saturated rings. The molecular weight excluding hydrogens is 241 g/mol. The smallest absolute Gasteiger partial charge is 0.354 e. The van der Waals surface area contributed by atoms with Gasteiger partial charge in [0.25, 0.3) is 0 Å². The fourth-order valence-electron chi connectivity index (χ4n) is 0.961. The summed E-state index contributed by atoms with van der Waals surface area (Å²) >= 11 is -0.194. The van der Waals surface area contributed by atoms with Crippen molar-refractivity contribution in [2.24, 2.45) is 11.8 Å². The van der Waals surface area contributed by atoms with Gasteiger partial charge in [-0.25, -0.2) is 0 Å². The van der Waals surface area contributed by atoms with Crippen LogP contribution in [0, 0.1) is 23.2 Å². The molecule has 0 radical (unpaired) electrons. The summed E-state index contributed by atoms with van der Waals surface area (Å²) in [7, 11) is 0. The Hall–Kier alpha value is -0.900. The van der Waals surface area contributed by atoms with Crippen LogP contribution in [0.3, 0.4) is 0 Å². The topological polar surface area (TPSA) is 52.9 Å². The number of halogens is 3. The predicted molar refractivity (Wildman–Crippen MR) is 55.5 cm³/mol. The first-order valence-electron chi connectivity index (χ1n) is 4.66. The van der Waals surface area contributed by atoms with Crippen molar-refractivity contribution in [2.75, 3.05) is 12.3 Å². The van der Waals surface area contributed by atoms with Crippen LogP contribution in [0.5, 0.6) is 0 Å². The molecule has 0 aliphatic rings. The minimum Gasteiger partial charge on any atom is -0.354 e. The van der Waals surface area contributed by atoms with Gasteiger partial charge in [-0.3, -0.25) is 4.79 Å². The van der Waals surface area contributed by atoms with E-state index in [0.29, 0.717) is 0 Å². The number of alkyl halides is 3. The monoisotopic (exact) mass is 254 g/mol. The quantitative estimate of drug-likeness (QED) is 0.765. The summed E-state index contributed by atoms with van der Waals surface area (Å²) < 4.78 is 35.2. The summed E-state index contributed by atoms with van der Waals surface area (Å²) in [5.41, 5.74) is -4.28. The highest BCUT2D eigenvalue weighted by Gasteiger charge is 2.28. The average molecular weight is 254 g/mol. The number of nitriles is 1. The van der Waals surface area contributed by atoms with Gasteiger partial charge in [-0.1, -0.05) is 13.8 Å². The van der Waals surface area contributed by atoms with Gasteiger partial charge in [0.1, 0.15) is 5.92 Å². The maximum Gasteiger partial charge on any atom is 0.441 e. The van der Waals surface area contributed by atoms with E-state index in [9.17, 15) is 18.0 Å². The first kappa shape index (κ1) is 15.1. The summed E-state index contributed by atoms with van der Waals surface area (Å²) in [5, 5.41) is 11.0. The number of nitrogens with one attached hydrogen (secondary N) is 1. The molecule has 0 aromatic carbocycles. The van der Waals surface area contributed by atoms with Crippen molar-refractivity contribution in [1.82, 2.24) is 5.32 Å². The molecule has 0 aliphatic heterocycles. The Kier molecular flexibility index (Phi) is 6.26. The Morgan fingerprint density at radius 3 is 2.44 bits per heavy atom. The molecular formula is C9H13F3N2OS. The van der Waals surface area contributed by atoms with Gasteiger partial charge in [-0.05, 0) is 17.7 Å². The molecule has 0 saturated heterocycles. The highest BCUT2D eigenvalue weighted by atomic mass is 32.2. The molecule has 16 heavy (non-hydrogen) atoms. The minimum atomic E-state index is -4.28. The lowest BCUT2D eigenvalue weighted by molar-refractivity contribution is -0.124. The van der Waals surface area contributed by atoms with Crippen LogP contribution in [0.4, 0.5) is 13.2 Å². The number of amides is 1. The van der Waals surface area contributed by atoms with Crippen molar-refractivity contribution in [1.29, 1.82) is 5.26 Å². The highest BCUT2D eigenvalue weighted by Crippen LogP contribution is 2.29. The fourth-order valence-corrected chi connectivity index (χ4v) is 1.40. The predicted octanol–water partition coefficient (Wildman–Crippen LogP) is 2.15. The van der Waals surface area contributed by atoms with E-state index < -0.39 is 17.3 Å². The SMILES string of the molecule is CC(C)C(C#N)C(=O)NCCSC(F)(F)F. The van der Waals surface area contributed by atoms with Crippen LogP contribution in [0.2, 0.25) is 0 Å². The Balaban J connectivity index is 3.87. The van der Waals surface area contributed by atoms with E-state index in [4.69, 9.17) is 5.26 Å². The third kappa shape index (κ3) is 6.56. The molecule has 7 heteroatoms. The molecule has 0 saturated carbocycles. The molecule has 0 rings (SSSR count). The summed E-state index contributed by atoms with van der Waals surface area (Å²) in [6.45, 7) is 3.32. The van der Waals surface area contributed by atoms with Crippen LogP contribution >= 0.6 is 11.8 Å². The van der Waals surface area contributed by atoms with Crippen LogP contribution in [0.15, 0.2) is 0 Å². The van der Waals surface area contributed by atoms with E-state index >= 15 is 0 Å². The van der Waals surface area contributed by atoms with E-state index in [1.165, 1.54) is 0 Å². The number of nitrogens with zero attached hydrogens (tertiary/aromatic N) is 1. The van der Waals surface area contributed by atoms with Crippen molar-refractivity contribution in [3.05, 3.63) is 0 Å². The summed E-state index contributed by atoms with van der Waals surface area (Å²) in [6, 6.07) is 1.82. The molecule has 92 valence electrons. The zero-order valence-electron chi connectivity index (χ0n) is 8.97. The lowest BCUT2D eigenvalue weighted by Gasteiger charge is -2.13. The molecule has 1 amide bonds. The van der Waals surface area contributed by atoms with Crippen LogP contribution in [-0.2, 0) is 4.79 Å². The number of carbonyl (C=O) groups excluding carboxylic acids is 1. The van der Waals surface area contributed by atoms with Crippen molar-refractivity contribution < 1.29 is 18.0 Å². The molecule has 3 nitrogen and oxygen atoms in total. The normalized spacial score (nSPS) is 13.3. The zero-order chi connectivity index (χ0) is 12.8. The molecule has 1 unspecified atom stereocenters. The van der Waals surface area contributed by atoms with Gasteiger partial charge in [0.05, 0.1) is 6.07 Å². The van der Waals surface area contributed by atoms with E-state index in [-0.39, 0.29) is 30.0 Å². The maximum atomic E-state index is 11.7. The summed E-state index contributed by atoms with van der Waals surface area (Å²) in [5.74, 6) is -1.72. The molecule has 0 aromatic heterocycles.